The second-order valence-corrected chi connectivity index (χ2v) is 6.55. The highest BCUT2D eigenvalue weighted by atomic mass is 127. The minimum Gasteiger partial charge on any atom is -0.489 e. The van der Waals surface area contributed by atoms with Gasteiger partial charge in [0.15, 0.2) is 5.60 Å². The summed E-state index contributed by atoms with van der Waals surface area (Å²) in [5, 5.41) is 9.04. The van der Waals surface area contributed by atoms with Crippen molar-refractivity contribution in [2.75, 3.05) is 0 Å². The quantitative estimate of drug-likeness (QED) is 0.726. The Hall–Kier alpha value is -1.76. The van der Waals surface area contributed by atoms with Gasteiger partial charge in [-0.3, -0.25) is 0 Å². The van der Waals surface area contributed by atoms with Gasteiger partial charge in [-0.15, -0.1) is 0 Å². The zero-order valence-corrected chi connectivity index (χ0v) is 14.5. The fourth-order valence-corrected chi connectivity index (χ4v) is 2.05. The first-order chi connectivity index (χ1) is 10.4. The maximum atomic E-state index is 11.0. The molecule has 0 unspecified atom stereocenters. The lowest BCUT2D eigenvalue weighted by Gasteiger charge is -2.21. The zero-order valence-electron chi connectivity index (χ0n) is 12.4. The summed E-state index contributed by atoms with van der Waals surface area (Å²) in [4.78, 5) is 11.0. The van der Waals surface area contributed by atoms with Gasteiger partial charge in [-0.05, 0) is 78.4 Å². The molecule has 0 saturated carbocycles. The molecule has 2 aromatic rings. The van der Waals surface area contributed by atoms with Gasteiger partial charge in [-0.2, -0.15) is 0 Å². The normalized spacial score (nSPS) is 11.0. The van der Waals surface area contributed by atoms with Crippen molar-refractivity contribution in [3.8, 4) is 11.5 Å². The van der Waals surface area contributed by atoms with Crippen LogP contribution in [0.4, 0.5) is 0 Å². The smallest absolute Gasteiger partial charge is 0.347 e. The Bertz CT molecular complexity index is 633. The Labute approximate surface area is 143 Å². The van der Waals surface area contributed by atoms with Gasteiger partial charge in [-0.25, -0.2) is 4.79 Å². The molecule has 0 radical (unpaired) electrons. The van der Waals surface area contributed by atoms with Crippen LogP contribution >= 0.6 is 22.6 Å². The Morgan fingerprint density at radius 2 is 1.59 bits per heavy atom. The third kappa shape index (κ3) is 4.62. The molecule has 2 rings (SSSR count). The third-order valence-corrected chi connectivity index (χ3v) is 3.75. The Morgan fingerprint density at radius 3 is 2.14 bits per heavy atom. The molecule has 0 saturated heterocycles. The molecule has 0 amide bonds. The van der Waals surface area contributed by atoms with E-state index in [9.17, 15) is 4.79 Å². The van der Waals surface area contributed by atoms with Gasteiger partial charge < -0.3 is 14.6 Å². The first-order valence-corrected chi connectivity index (χ1v) is 7.84. The van der Waals surface area contributed by atoms with Crippen LogP contribution < -0.4 is 9.47 Å². The van der Waals surface area contributed by atoms with Crippen molar-refractivity contribution in [2.45, 2.75) is 26.1 Å². The summed E-state index contributed by atoms with van der Waals surface area (Å²) in [5.74, 6) is 0.330. The van der Waals surface area contributed by atoms with Crippen LogP contribution in [0.3, 0.4) is 0 Å². The first-order valence-electron chi connectivity index (χ1n) is 6.76. The van der Waals surface area contributed by atoms with E-state index in [1.807, 2.05) is 36.4 Å². The number of carboxylic acid groups (broad SMARTS) is 1. The Balaban J connectivity index is 1.94. The maximum absolute atomic E-state index is 11.0. The molecule has 0 atom stereocenters. The molecule has 0 bridgehead atoms. The maximum Gasteiger partial charge on any atom is 0.347 e. The number of hydrogen-bond acceptors (Lipinski definition) is 3. The molecule has 1 N–H and O–H groups in total. The topological polar surface area (TPSA) is 55.8 Å². The molecule has 0 spiro atoms. The molecule has 4 nitrogen and oxygen atoms in total. The summed E-state index contributed by atoms with van der Waals surface area (Å²) in [6.45, 7) is 3.48. The second kappa shape index (κ2) is 7.00. The van der Waals surface area contributed by atoms with Crippen molar-refractivity contribution < 1.29 is 19.4 Å². The lowest BCUT2D eigenvalue weighted by atomic mass is 10.1. The molecule has 0 aliphatic carbocycles. The lowest BCUT2D eigenvalue weighted by molar-refractivity contribution is -0.152. The van der Waals surface area contributed by atoms with Gasteiger partial charge in [-0.1, -0.05) is 12.1 Å². The standard InChI is InChI=1S/C17H17IO4/c1-17(2,16(19)20)22-15-7-3-12(4-8-15)11-21-14-9-5-13(18)6-10-14/h3-10H,11H2,1-2H3,(H,19,20). The van der Waals surface area contributed by atoms with E-state index in [0.717, 1.165) is 14.9 Å². The zero-order chi connectivity index (χ0) is 16.2. The molecular formula is C17H17IO4. The molecule has 0 heterocycles. The van der Waals surface area contributed by atoms with E-state index < -0.39 is 11.6 Å². The number of benzene rings is 2. The summed E-state index contributed by atoms with van der Waals surface area (Å²) in [7, 11) is 0. The largest absolute Gasteiger partial charge is 0.489 e. The van der Waals surface area contributed by atoms with E-state index in [2.05, 4.69) is 22.6 Å². The van der Waals surface area contributed by atoms with Crippen LogP contribution in [0.15, 0.2) is 48.5 Å². The van der Waals surface area contributed by atoms with E-state index in [4.69, 9.17) is 14.6 Å². The van der Waals surface area contributed by atoms with Crippen LogP contribution in [0.1, 0.15) is 19.4 Å². The number of rotatable bonds is 6. The highest BCUT2D eigenvalue weighted by Gasteiger charge is 2.29. The number of ether oxygens (including phenoxy) is 2. The van der Waals surface area contributed by atoms with E-state index in [1.165, 1.54) is 13.8 Å². The van der Waals surface area contributed by atoms with Gasteiger partial charge in [0.2, 0.25) is 0 Å². The predicted octanol–water partition coefficient (Wildman–Crippen LogP) is 4.11. The summed E-state index contributed by atoms with van der Waals surface area (Å²) in [6.07, 6.45) is 0. The average molecular weight is 412 g/mol. The molecule has 22 heavy (non-hydrogen) atoms. The van der Waals surface area contributed by atoms with Crippen molar-refractivity contribution >= 4 is 28.6 Å². The fraction of sp³-hybridized carbons (Fsp3) is 0.235. The fourth-order valence-electron chi connectivity index (χ4n) is 1.69. The highest BCUT2D eigenvalue weighted by Crippen LogP contribution is 2.20. The van der Waals surface area contributed by atoms with E-state index in [-0.39, 0.29) is 0 Å². The number of hydrogen-bond donors (Lipinski definition) is 1. The molecular weight excluding hydrogens is 395 g/mol. The molecule has 0 aliphatic heterocycles. The molecule has 0 aromatic heterocycles. The number of carboxylic acids is 1. The monoisotopic (exact) mass is 412 g/mol. The second-order valence-electron chi connectivity index (χ2n) is 5.30. The third-order valence-electron chi connectivity index (χ3n) is 3.03. The number of halogens is 1. The van der Waals surface area contributed by atoms with E-state index in [0.29, 0.717) is 12.4 Å². The molecule has 5 heteroatoms. The first kappa shape index (κ1) is 16.6. The molecule has 2 aromatic carbocycles. The van der Waals surface area contributed by atoms with Crippen molar-refractivity contribution in [2.24, 2.45) is 0 Å². The van der Waals surface area contributed by atoms with Crippen molar-refractivity contribution in [1.29, 1.82) is 0 Å². The van der Waals surface area contributed by atoms with Gasteiger partial charge in [0.05, 0.1) is 0 Å². The van der Waals surface area contributed by atoms with Crippen molar-refractivity contribution in [3.05, 3.63) is 57.7 Å². The molecule has 0 aliphatic rings. The average Bonchev–Trinajstić information content (AvgIpc) is 2.48. The Morgan fingerprint density at radius 1 is 1.05 bits per heavy atom. The molecule has 116 valence electrons. The summed E-state index contributed by atoms with van der Waals surface area (Å²) < 4.78 is 12.3. The van der Waals surface area contributed by atoms with E-state index >= 15 is 0 Å². The highest BCUT2D eigenvalue weighted by molar-refractivity contribution is 14.1. The van der Waals surface area contributed by atoms with Crippen molar-refractivity contribution in [1.82, 2.24) is 0 Å². The Kier molecular flexibility index (Phi) is 5.28. The van der Waals surface area contributed by atoms with Crippen LogP contribution in [0.2, 0.25) is 0 Å². The van der Waals surface area contributed by atoms with Crippen molar-refractivity contribution in [3.63, 3.8) is 0 Å². The lowest BCUT2D eigenvalue weighted by Crippen LogP contribution is -2.37. The van der Waals surface area contributed by atoms with Gasteiger partial charge in [0.1, 0.15) is 18.1 Å². The van der Waals surface area contributed by atoms with Gasteiger partial charge in [0, 0.05) is 3.57 Å². The van der Waals surface area contributed by atoms with E-state index in [1.54, 1.807) is 12.1 Å². The minimum atomic E-state index is -1.25. The van der Waals surface area contributed by atoms with Crippen LogP contribution in [-0.4, -0.2) is 16.7 Å². The summed E-state index contributed by atoms with van der Waals surface area (Å²) >= 11 is 2.24. The molecule has 0 fully saturated rings. The number of aliphatic carboxylic acids is 1. The SMILES string of the molecule is CC(C)(Oc1ccc(COc2ccc(I)cc2)cc1)C(=O)O. The van der Waals surface area contributed by atoms with Crippen LogP contribution in [0.5, 0.6) is 11.5 Å². The minimum absolute atomic E-state index is 0.448. The predicted molar refractivity (Wildman–Crippen MR) is 92.3 cm³/mol. The van der Waals surface area contributed by atoms with Crippen LogP contribution in [0.25, 0.3) is 0 Å². The van der Waals surface area contributed by atoms with Gasteiger partial charge >= 0.3 is 5.97 Å². The summed E-state index contributed by atoms with van der Waals surface area (Å²) in [5.41, 5.74) is -0.266. The number of carbonyl (C=O) groups is 1. The van der Waals surface area contributed by atoms with Gasteiger partial charge in [0.25, 0.3) is 0 Å². The van der Waals surface area contributed by atoms with Crippen LogP contribution in [-0.2, 0) is 11.4 Å². The summed E-state index contributed by atoms with van der Waals surface area (Å²) in [6, 6.07) is 15.0. The van der Waals surface area contributed by atoms with Crippen LogP contribution in [0, 0.1) is 3.57 Å².